The molecule has 1 aliphatic heterocycles. The highest BCUT2D eigenvalue weighted by atomic mass is 16.5. The zero-order chi connectivity index (χ0) is 26.2. The van der Waals surface area contributed by atoms with Gasteiger partial charge in [-0.1, -0.05) is 62.2 Å². The van der Waals surface area contributed by atoms with Gasteiger partial charge in [-0.05, 0) is 35.7 Å². The van der Waals surface area contributed by atoms with Crippen LogP contribution < -0.4 is 24.7 Å². The van der Waals surface area contributed by atoms with Crippen LogP contribution in [0.2, 0.25) is 0 Å². The van der Waals surface area contributed by atoms with E-state index in [9.17, 15) is 10.1 Å². The number of nitriles is 1. The SMILES string of the molecule is CCCCCOc1ccc(C2C(C#N)=C(N)Oc3cc(OC(=O)Cc4ccccc4)ccc32)cc1OC. The first kappa shape index (κ1) is 25.6. The Morgan fingerprint density at radius 3 is 2.59 bits per heavy atom. The van der Waals surface area contributed by atoms with Crippen molar-refractivity contribution in [3.8, 4) is 29.1 Å². The molecular weight excluding hydrogens is 468 g/mol. The number of nitrogens with zero attached hydrogens (tertiary/aromatic N) is 1. The van der Waals surface area contributed by atoms with Gasteiger partial charge in [0.1, 0.15) is 23.1 Å². The number of allylic oxidation sites excluding steroid dienone is 1. The predicted molar refractivity (Wildman–Crippen MR) is 140 cm³/mol. The van der Waals surface area contributed by atoms with Crippen molar-refractivity contribution in [2.24, 2.45) is 5.73 Å². The van der Waals surface area contributed by atoms with Crippen molar-refractivity contribution >= 4 is 5.97 Å². The largest absolute Gasteiger partial charge is 0.493 e. The van der Waals surface area contributed by atoms with Crippen LogP contribution in [-0.2, 0) is 11.2 Å². The number of esters is 1. The second-order valence-corrected chi connectivity index (χ2v) is 8.73. The first-order valence-electron chi connectivity index (χ1n) is 12.3. The van der Waals surface area contributed by atoms with Crippen LogP contribution in [0.25, 0.3) is 0 Å². The van der Waals surface area contributed by atoms with Crippen LogP contribution in [0.5, 0.6) is 23.0 Å². The summed E-state index contributed by atoms with van der Waals surface area (Å²) in [6.07, 6.45) is 3.32. The third kappa shape index (κ3) is 6.04. The Labute approximate surface area is 217 Å². The summed E-state index contributed by atoms with van der Waals surface area (Å²) in [5, 5.41) is 9.89. The number of rotatable bonds is 10. The average Bonchev–Trinajstić information content (AvgIpc) is 2.90. The van der Waals surface area contributed by atoms with Gasteiger partial charge in [0.2, 0.25) is 5.88 Å². The maximum atomic E-state index is 12.4. The Kier molecular flexibility index (Phi) is 8.32. The van der Waals surface area contributed by atoms with E-state index in [2.05, 4.69) is 13.0 Å². The Balaban J connectivity index is 1.59. The summed E-state index contributed by atoms with van der Waals surface area (Å²) in [6, 6.07) is 22.3. The Bertz CT molecular complexity index is 1330. The fourth-order valence-corrected chi connectivity index (χ4v) is 4.29. The van der Waals surface area contributed by atoms with Crippen molar-refractivity contribution in [3.05, 3.63) is 94.9 Å². The van der Waals surface area contributed by atoms with Gasteiger partial charge in [0.25, 0.3) is 0 Å². The predicted octanol–water partition coefficient (Wildman–Crippen LogP) is 5.63. The van der Waals surface area contributed by atoms with Crippen LogP contribution >= 0.6 is 0 Å². The molecule has 0 spiro atoms. The minimum Gasteiger partial charge on any atom is -0.493 e. The number of fused-ring (bicyclic) bond motifs is 1. The summed E-state index contributed by atoms with van der Waals surface area (Å²) in [4.78, 5) is 12.4. The molecule has 1 aliphatic rings. The molecule has 0 bridgehead atoms. The van der Waals surface area contributed by atoms with Crippen molar-refractivity contribution < 1.29 is 23.7 Å². The number of ether oxygens (including phenoxy) is 4. The molecule has 190 valence electrons. The molecule has 3 aromatic carbocycles. The summed E-state index contributed by atoms with van der Waals surface area (Å²) in [5.41, 5.74) is 8.83. The van der Waals surface area contributed by atoms with Gasteiger partial charge >= 0.3 is 5.97 Å². The van der Waals surface area contributed by atoms with Crippen LogP contribution in [-0.4, -0.2) is 19.7 Å². The number of hydrogen-bond donors (Lipinski definition) is 1. The molecule has 7 heteroatoms. The summed E-state index contributed by atoms with van der Waals surface area (Å²) in [5.74, 6) is 1.11. The molecule has 4 rings (SSSR count). The highest BCUT2D eigenvalue weighted by molar-refractivity contribution is 5.75. The molecule has 0 fully saturated rings. The molecule has 7 nitrogen and oxygen atoms in total. The molecule has 37 heavy (non-hydrogen) atoms. The molecule has 0 aliphatic carbocycles. The zero-order valence-electron chi connectivity index (χ0n) is 21.0. The van der Waals surface area contributed by atoms with Crippen molar-refractivity contribution in [2.45, 2.75) is 38.5 Å². The van der Waals surface area contributed by atoms with E-state index in [0.717, 1.165) is 36.0 Å². The summed E-state index contributed by atoms with van der Waals surface area (Å²) in [6.45, 7) is 2.75. The minimum absolute atomic E-state index is 0.00613. The Hall–Kier alpha value is -4.44. The molecule has 1 heterocycles. The molecule has 0 saturated carbocycles. The normalized spacial score (nSPS) is 14.2. The Morgan fingerprint density at radius 1 is 1.05 bits per heavy atom. The van der Waals surface area contributed by atoms with E-state index >= 15 is 0 Å². The fraction of sp³-hybridized carbons (Fsp3) is 0.267. The molecule has 2 N–H and O–H groups in total. The van der Waals surface area contributed by atoms with Crippen LogP contribution in [0.15, 0.2) is 78.2 Å². The summed E-state index contributed by atoms with van der Waals surface area (Å²) < 4.78 is 22.8. The molecule has 0 amide bonds. The van der Waals surface area contributed by atoms with Crippen molar-refractivity contribution in [1.29, 1.82) is 5.26 Å². The lowest BCUT2D eigenvalue weighted by Crippen LogP contribution is -2.21. The number of carbonyl (C=O) groups excluding carboxylic acids is 1. The minimum atomic E-state index is -0.481. The highest BCUT2D eigenvalue weighted by Gasteiger charge is 2.31. The highest BCUT2D eigenvalue weighted by Crippen LogP contribution is 2.45. The fourth-order valence-electron chi connectivity index (χ4n) is 4.29. The van der Waals surface area contributed by atoms with Gasteiger partial charge in [-0.3, -0.25) is 4.79 Å². The molecule has 0 aromatic heterocycles. The molecule has 0 radical (unpaired) electrons. The van der Waals surface area contributed by atoms with Crippen LogP contribution in [0.3, 0.4) is 0 Å². The van der Waals surface area contributed by atoms with Gasteiger partial charge in [-0.2, -0.15) is 5.26 Å². The van der Waals surface area contributed by atoms with Crippen molar-refractivity contribution in [3.63, 3.8) is 0 Å². The van der Waals surface area contributed by atoms with Gasteiger partial charge in [0.05, 0.1) is 26.1 Å². The van der Waals surface area contributed by atoms with E-state index in [-0.39, 0.29) is 18.3 Å². The second-order valence-electron chi connectivity index (χ2n) is 8.73. The second kappa shape index (κ2) is 12.0. The van der Waals surface area contributed by atoms with Gasteiger partial charge in [-0.25, -0.2) is 0 Å². The average molecular weight is 499 g/mol. The first-order chi connectivity index (χ1) is 18.0. The molecular formula is C30H30N2O5. The van der Waals surface area contributed by atoms with Gasteiger partial charge in [0.15, 0.2) is 11.5 Å². The van der Waals surface area contributed by atoms with E-state index in [1.807, 2.05) is 48.5 Å². The Morgan fingerprint density at radius 2 is 1.86 bits per heavy atom. The smallest absolute Gasteiger partial charge is 0.315 e. The number of hydrogen-bond acceptors (Lipinski definition) is 7. The quantitative estimate of drug-likeness (QED) is 0.219. The number of methoxy groups -OCH3 is 1. The standard InChI is InChI=1S/C30H30N2O5/c1-3-4-8-15-35-25-14-11-21(17-27(25)34-2)29-23-13-12-22(18-26(23)37-30(32)24(29)19-31)36-28(33)16-20-9-6-5-7-10-20/h5-7,9-14,17-18,29H,3-4,8,15-16,32H2,1-2H3. The monoisotopic (exact) mass is 498 g/mol. The van der Waals surface area contributed by atoms with E-state index in [1.165, 1.54) is 0 Å². The molecule has 0 saturated heterocycles. The van der Waals surface area contributed by atoms with Crippen molar-refractivity contribution in [1.82, 2.24) is 0 Å². The van der Waals surface area contributed by atoms with Gasteiger partial charge < -0.3 is 24.7 Å². The molecule has 3 aromatic rings. The number of unbranched alkanes of at least 4 members (excludes halogenated alkanes) is 2. The summed E-state index contributed by atoms with van der Waals surface area (Å²) >= 11 is 0. The maximum absolute atomic E-state index is 12.4. The van der Waals surface area contributed by atoms with Crippen LogP contribution in [0.4, 0.5) is 0 Å². The van der Waals surface area contributed by atoms with Gasteiger partial charge in [0, 0.05) is 11.6 Å². The lowest BCUT2D eigenvalue weighted by molar-refractivity contribution is -0.133. The third-order valence-corrected chi connectivity index (χ3v) is 6.14. The van der Waals surface area contributed by atoms with Crippen LogP contribution in [0.1, 0.15) is 48.8 Å². The van der Waals surface area contributed by atoms with E-state index in [0.29, 0.717) is 35.2 Å². The topological polar surface area (TPSA) is 104 Å². The van der Waals surface area contributed by atoms with E-state index in [1.54, 1.807) is 25.3 Å². The summed E-state index contributed by atoms with van der Waals surface area (Å²) in [7, 11) is 1.58. The lowest BCUT2D eigenvalue weighted by atomic mass is 9.83. The van der Waals surface area contributed by atoms with Gasteiger partial charge in [-0.15, -0.1) is 0 Å². The zero-order valence-corrected chi connectivity index (χ0v) is 21.0. The third-order valence-electron chi connectivity index (χ3n) is 6.14. The van der Waals surface area contributed by atoms with Crippen LogP contribution in [0, 0.1) is 11.3 Å². The molecule has 1 atom stereocenters. The van der Waals surface area contributed by atoms with E-state index < -0.39 is 5.92 Å². The van der Waals surface area contributed by atoms with E-state index in [4.69, 9.17) is 24.7 Å². The van der Waals surface area contributed by atoms with Crippen molar-refractivity contribution in [2.75, 3.05) is 13.7 Å². The number of nitrogens with two attached hydrogens (primary N) is 1. The molecule has 1 unspecified atom stereocenters. The lowest BCUT2D eigenvalue weighted by Gasteiger charge is -2.27. The number of carbonyl (C=O) groups is 1. The maximum Gasteiger partial charge on any atom is 0.315 e. The number of benzene rings is 3. The first-order valence-corrected chi connectivity index (χ1v) is 12.3.